The minimum Gasteiger partial charge on any atom is -0.330 e. The number of nitrogens with zero attached hydrogens (tertiary/aromatic N) is 1. The number of rotatable bonds is 4. The maximum atomic E-state index is 13.1. The molecule has 0 atom stereocenters. The number of aryl methyl sites for hydroxylation is 1. The molecule has 0 spiro atoms. The molecule has 0 bridgehead atoms. The van der Waals surface area contributed by atoms with Crippen molar-refractivity contribution >= 4 is 5.69 Å². The molecule has 1 rings (SSSR count). The number of nitrogens with two attached hydrogens (primary N) is 1. The summed E-state index contributed by atoms with van der Waals surface area (Å²) in [7, 11) is 0. The Morgan fingerprint density at radius 2 is 2.21 bits per heavy atom. The van der Waals surface area contributed by atoms with Gasteiger partial charge in [0.15, 0.2) is 0 Å². The molecule has 0 heterocycles. The van der Waals surface area contributed by atoms with Gasteiger partial charge in [-0.05, 0) is 31.0 Å². The molecule has 2 N–H and O–H groups in total. The van der Waals surface area contributed by atoms with Crippen LogP contribution >= 0.6 is 0 Å². The minimum absolute atomic E-state index is 0.0848. The zero-order valence-corrected chi connectivity index (χ0v) is 7.57. The van der Waals surface area contributed by atoms with Gasteiger partial charge in [-0.1, -0.05) is 0 Å². The van der Waals surface area contributed by atoms with Crippen LogP contribution in [0.25, 0.3) is 0 Å². The summed E-state index contributed by atoms with van der Waals surface area (Å²) in [5, 5.41) is 10.4. The van der Waals surface area contributed by atoms with Crippen molar-refractivity contribution < 1.29 is 9.31 Å². The molecule has 4 nitrogen and oxygen atoms in total. The van der Waals surface area contributed by atoms with Gasteiger partial charge >= 0.3 is 0 Å². The standard InChI is InChI=1S/C9H11FN2O2/c10-9-4-3-8(12(13)14)6-7(9)2-1-5-11/h3-4,6H,1-2,5,11H2. The Balaban J connectivity index is 2.90. The van der Waals surface area contributed by atoms with Crippen molar-refractivity contribution in [1.82, 2.24) is 0 Å². The van der Waals surface area contributed by atoms with Gasteiger partial charge in [0.05, 0.1) is 4.92 Å². The van der Waals surface area contributed by atoms with Crippen LogP contribution in [-0.4, -0.2) is 11.5 Å². The Morgan fingerprint density at radius 3 is 2.79 bits per heavy atom. The smallest absolute Gasteiger partial charge is 0.269 e. The summed E-state index contributed by atoms with van der Waals surface area (Å²) in [5.74, 6) is -0.413. The number of hydrogen-bond acceptors (Lipinski definition) is 3. The average molecular weight is 198 g/mol. The van der Waals surface area contributed by atoms with E-state index in [0.29, 0.717) is 24.9 Å². The molecule has 0 radical (unpaired) electrons. The van der Waals surface area contributed by atoms with E-state index in [9.17, 15) is 14.5 Å². The van der Waals surface area contributed by atoms with Gasteiger partial charge in [0.25, 0.3) is 5.69 Å². The SMILES string of the molecule is NCCCc1cc([N+](=O)[O-])ccc1F. The molecule has 0 fully saturated rings. The lowest BCUT2D eigenvalue weighted by atomic mass is 10.1. The van der Waals surface area contributed by atoms with Crippen LogP contribution < -0.4 is 5.73 Å². The fourth-order valence-corrected chi connectivity index (χ4v) is 1.16. The lowest BCUT2D eigenvalue weighted by Crippen LogP contribution is -2.02. The van der Waals surface area contributed by atoms with Gasteiger partial charge in [-0.3, -0.25) is 10.1 Å². The first-order valence-corrected chi connectivity index (χ1v) is 4.28. The van der Waals surface area contributed by atoms with E-state index in [1.165, 1.54) is 6.07 Å². The van der Waals surface area contributed by atoms with Gasteiger partial charge in [0.2, 0.25) is 0 Å². The molecule has 0 saturated heterocycles. The van der Waals surface area contributed by atoms with Crippen LogP contribution in [0.2, 0.25) is 0 Å². The van der Waals surface area contributed by atoms with E-state index >= 15 is 0 Å². The van der Waals surface area contributed by atoms with Crippen LogP contribution in [0, 0.1) is 15.9 Å². The number of nitro benzene ring substituents is 1. The summed E-state index contributed by atoms with van der Waals surface area (Å²) < 4.78 is 13.1. The van der Waals surface area contributed by atoms with Crippen LogP contribution in [0.1, 0.15) is 12.0 Å². The number of benzene rings is 1. The molecule has 0 unspecified atom stereocenters. The van der Waals surface area contributed by atoms with Crippen molar-refractivity contribution in [3.05, 3.63) is 39.7 Å². The summed E-state index contributed by atoms with van der Waals surface area (Å²) in [6, 6.07) is 3.52. The maximum Gasteiger partial charge on any atom is 0.269 e. The maximum absolute atomic E-state index is 13.1. The highest BCUT2D eigenvalue weighted by atomic mass is 19.1. The molecule has 0 aromatic heterocycles. The number of nitro groups is 1. The minimum atomic E-state index is -0.536. The second-order valence-electron chi connectivity index (χ2n) is 2.93. The third-order valence-corrected chi connectivity index (χ3v) is 1.89. The second-order valence-corrected chi connectivity index (χ2v) is 2.93. The van der Waals surface area contributed by atoms with Crippen molar-refractivity contribution in [3.63, 3.8) is 0 Å². The molecule has 0 aliphatic rings. The van der Waals surface area contributed by atoms with Crippen LogP contribution in [0.3, 0.4) is 0 Å². The van der Waals surface area contributed by atoms with E-state index in [-0.39, 0.29) is 5.69 Å². The predicted molar refractivity (Wildman–Crippen MR) is 50.4 cm³/mol. The number of hydrogen-bond donors (Lipinski definition) is 1. The first kappa shape index (κ1) is 10.6. The second kappa shape index (κ2) is 4.66. The van der Waals surface area contributed by atoms with Gasteiger partial charge in [0, 0.05) is 12.1 Å². The van der Waals surface area contributed by atoms with Crippen LogP contribution in [0.15, 0.2) is 18.2 Å². The van der Waals surface area contributed by atoms with Gasteiger partial charge in [-0.2, -0.15) is 0 Å². The van der Waals surface area contributed by atoms with Crippen LogP contribution in [0.4, 0.5) is 10.1 Å². The average Bonchev–Trinajstić information content (AvgIpc) is 2.16. The lowest BCUT2D eigenvalue weighted by Gasteiger charge is -2.01. The Hall–Kier alpha value is -1.49. The van der Waals surface area contributed by atoms with Crippen LogP contribution in [0.5, 0.6) is 0 Å². The summed E-state index contributed by atoms with van der Waals surface area (Å²) in [6.45, 7) is 0.447. The molecule has 0 aliphatic carbocycles. The molecule has 1 aromatic carbocycles. The van der Waals surface area contributed by atoms with Gasteiger partial charge in [-0.15, -0.1) is 0 Å². The molecular formula is C9H11FN2O2. The predicted octanol–water partition coefficient (Wildman–Crippen LogP) is 1.63. The molecule has 14 heavy (non-hydrogen) atoms. The largest absolute Gasteiger partial charge is 0.330 e. The zero-order chi connectivity index (χ0) is 10.6. The highest BCUT2D eigenvalue weighted by Crippen LogP contribution is 2.17. The quantitative estimate of drug-likeness (QED) is 0.590. The fourth-order valence-electron chi connectivity index (χ4n) is 1.16. The zero-order valence-electron chi connectivity index (χ0n) is 7.57. The molecule has 0 amide bonds. The lowest BCUT2D eigenvalue weighted by molar-refractivity contribution is -0.385. The van der Waals surface area contributed by atoms with E-state index in [4.69, 9.17) is 5.73 Å². The Bertz CT molecular complexity index is 342. The van der Waals surface area contributed by atoms with Crippen molar-refractivity contribution in [1.29, 1.82) is 0 Å². The molecule has 1 aromatic rings. The first-order chi connectivity index (χ1) is 6.65. The van der Waals surface area contributed by atoms with E-state index in [2.05, 4.69) is 0 Å². The topological polar surface area (TPSA) is 69.2 Å². The van der Waals surface area contributed by atoms with Gasteiger partial charge in [-0.25, -0.2) is 4.39 Å². The number of non-ortho nitro benzene ring substituents is 1. The van der Waals surface area contributed by atoms with E-state index in [0.717, 1.165) is 12.1 Å². The first-order valence-electron chi connectivity index (χ1n) is 4.28. The normalized spacial score (nSPS) is 10.1. The monoisotopic (exact) mass is 198 g/mol. The van der Waals surface area contributed by atoms with E-state index < -0.39 is 10.7 Å². The van der Waals surface area contributed by atoms with E-state index in [1.807, 2.05) is 0 Å². The molecular weight excluding hydrogens is 187 g/mol. The summed E-state index contributed by atoms with van der Waals surface area (Å²) >= 11 is 0. The fraction of sp³-hybridized carbons (Fsp3) is 0.333. The Labute approximate surface area is 80.7 Å². The van der Waals surface area contributed by atoms with E-state index in [1.54, 1.807) is 0 Å². The Morgan fingerprint density at radius 1 is 1.50 bits per heavy atom. The third kappa shape index (κ3) is 2.50. The number of halogens is 1. The van der Waals surface area contributed by atoms with Crippen LogP contribution in [-0.2, 0) is 6.42 Å². The summed E-state index contributed by atoms with van der Waals surface area (Å²) in [5.41, 5.74) is 5.53. The highest BCUT2D eigenvalue weighted by molar-refractivity contribution is 5.35. The summed E-state index contributed by atoms with van der Waals surface area (Å²) in [6.07, 6.45) is 1.06. The third-order valence-electron chi connectivity index (χ3n) is 1.89. The highest BCUT2D eigenvalue weighted by Gasteiger charge is 2.09. The van der Waals surface area contributed by atoms with Gasteiger partial charge < -0.3 is 5.73 Å². The molecule has 0 aliphatic heterocycles. The molecule has 0 saturated carbocycles. The molecule has 76 valence electrons. The van der Waals surface area contributed by atoms with Crippen molar-refractivity contribution in [3.8, 4) is 0 Å². The van der Waals surface area contributed by atoms with Crippen molar-refractivity contribution in [2.45, 2.75) is 12.8 Å². The molecule has 5 heteroatoms. The Kier molecular flexibility index (Phi) is 3.53. The summed E-state index contributed by atoms with van der Waals surface area (Å²) in [4.78, 5) is 9.86. The van der Waals surface area contributed by atoms with Crippen molar-refractivity contribution in [2.75, 3.05) is 6.54 Å². The van der Waals surface area contributed by atoms with Gasteiger partial charge in [0.1, 0.15) is 5.82 Å². The van der Waals surface area contributed by atoms with Crippen molar-refractivity contribution in [2.24, 2.45) is 5.73 Å².